The minimum Gasteiger partial charge on any atom is -0.493 e. The molecule has 1 aromatic heterocycles. The van der Waals surface area contributed by atoms with Crippen LogP contribution in [-0.4, -0.2) is 42.8 Å². The molecule has 2 aromatic rings. The molecule has 0 radical (unpaired) electrons. The average Bonchev–Trinajstić information content (AvgIpc) is 3.38. The molecule has 1 N–H and O–H groups in total. The normalized spacial score (nSPS) is 19.6. The highest BCUT2D eigenvalue weighted by atomic mass is 16.5. The van der Waals surface area contributed by atoms with E-state index in [0.717, 1.165) is 47.8 Å². The number of piperidine rings is 1. The van der Waals surface area contributed by atoms with Gasteiger partial charge in [-0.25, -0.2) is 0 Å². The molecular formula is C19H27BN2O3. The number of ether oxygens (including phenoxy) is 1. The maximum Gasteiger partial charge on any atom is 0.185 e. The van der Waals surface area contributed by atoms with E-state index in [1.807, 2.05) is 12.1 Å². The largest absolute Gasteiger partial charge is 0.493 e. The van der Waals surface area contributed by atoms with Crippen molar-refractivity contribution >= 4 is 19.0 Å². The van der Waals surface area contributed by atoms with Crippen molar-refractivity contribution in [2.24, 2.45) is 11.8 Å². The monoisotopic (exact) mass is 342 g/mol. The van der Waals surface area contributed by atoms with E-state index in [1.165, 1.54) is 38.8 Å². The molecule has 0 amide bonds. The zero-order valence-corrected chi connectivity index (χ0v) is 15.0. The van der Waals surface area contributed by atoms with Crippen LogP contribution >= 0.6 is 0 Å². The van der Waals surface area contributed by atoms with Gasteiger partial charge in [0.1, 0.15) is 5.75 Å². The molecule has 4 rings (SSSR count). The molecule has 1 aliphatic carbocycles. The molecule has 25 heavy (non-hydrogen) atoms. The summed E-state index contributed by atoms with van der Waals surface area (Å²) in [5.41, 5.74) is 2.43. The van der Waals surface area contributed by atoms with Crippen molar-refractivity contribution in [3.05, 3.63) is 23.4 Å². The van der Waals surface area contributed by atoms with E-state index < -0.39 is 0 Å². The van der Waals surface area contributed by atoms with Crippen molar-refractivity contribution in [1.82, 2.24) is 9.97 Å². The highest BCUT2D eigenvalue weighted by Gasteiger charge is 2.24. The summed E-state index contributed by atoms with van der Waals surface area (Å²) in [5.74, 6) is 2.20. The number of aliphatic hydroxyl groups is 1. The van der Waals surface area contributed by atoms with Crippen LogP contribution in [0, 0.1) is 11.8 Å². The summed E-state index contributed by atoms with van der Waals surface area (Å²) in [6, 6.07) is 4.00. The molecule has 0 atom stereocenters. The molecular weight excluding hydrogens is 315 g/mol. The van der Waals surface area contributed by atoms with Crippen molar-refractivity contribution in [2.45, 2.75) is 45.1 Å². The summed E-state index contributed by atoms with van der Waals surface area (Å²) in [5, 5.41) is 15.1. The van der Waals surface area contributed by atoms with Crippen LogP contribution in [0.15, 0.2) is 16.7 Å². The van der Waals surface area contributed by atoms with Gasteiger partial charge in [-0.2, -0.15) is 0 Å². The Morgan fingerprint density at radius 2 is 2.00 bits per heavy atom. The molecule has 1 saturated carbocycles. The topological polar surface area (TPSA) is 58.7 Å². The Labute approximate surface area is 149 Å². The Morgan fingerprint density at radius 3 is 2.72 bits per heavy atom. The number of aryl methyl sites for hydroxylation is 1. The number of benzene rings is 1. The molecule has 1 aromatic carbocycles. The highest BCUT2D eigenvalue weighted by Crippen LogP contribution is 2.34. The van der Waals surface area contributed by atoms with Crippen LogP contribution in [0.4, 0.5) is 0 Å². The molecule has 2 aliphatic rings. The van der Waals surface area contributed by atoms with E-state index in [2.05, 4.69) is 17.9 Å². The summed E-state index contributed by atoms with van der Waals surface area (Å²) in [6.45, 7) is 3.04. The van der Waals surface area contributed by atoms with Crippen LogP contribution in [0.2, 0.25) is 0 Å². The Kier molecular flexibility index (Phi) is 4.99. The summed E-state index contributed by atoms with van der Waals surface area (Å²) >= 11 is 0. The van der Waals surface area contributed by atoms with E-state index in [9.17, 15) is 5.11 Å². The zero-order chi connectivity index (χ0) is 17.2. The maximum absolute atomic E-state index is 9.79. The molecule has 0 unspecified atom stereocenters. The number of nitrogens with zero attached hydrogens (tertiary/aromatic N) is 2. The number of aliphatic hydroxyl groups excluding tert-OH is 1. The Bertz CT molecular complexity index is 721. The molecule has 2 heterocycles. The van der Waals surface area contributed by atoms with Gasteiger partial charge in [0.25, 0.3) is 0 Å². The third-order valence-corrected chi connectivity index (χ3v) is 5.73. The summed E-state index contributed by atoms with van der Waals surface area (Å²) in [7, 11) is 2.20. The minimum atomic E-state index is -0.0824. The van der Waals surface area contributed by atoms with Crippen LogP contribution in [0.5, 0.6) is 5.75 Å². The van der Waals surface area contributed by atoms with Crippen molar-refractivity contribution in [1.29, 1.82) is 0 Å². The number of rotatable bonds is 7. The molecule has 134 valence electrons. The van der Waals surface area contributed by atoms with Gasteiger partial charge in [-0.3, -0.25) is 0 Å². The fourth-order valence-electron chi connectivity index (χ4n) is 3.74. The van der Waals surface area contributed by atoms with Crippen molar-refractivity contribution in [2.75, 3.05) is 19.7 Å². The molecule has 0 bridgehead atoms. The minimum absolute atomic E-state index is 0.0824. The van der Waals surface area contributed by atoms with Crippen LogP contribution in [0.3, 0.4) is 0 Å². The molecule has 0 spiro atoms. The van der Waals surface area contributed by atoms with E-state index in [1.54, 1.807) is 0 Å². The summed E-state index contributed by atoms with van der Waals surface area (Å²) < 4.78 is 11.5. The van der Waals surface area contributed by atoms with Crippen LogP contribution < -0.4 is 4.74 Å². The van der Waals surface area contributed by atoms with Crippen molar-refractivity contribution in [3.63, 3.8) is 0 Å². The lowest BCUT2D eigenvalue weighted by atomic mass is 9.90. The second kappa shape index (κ2) is 7.38. The standard InChI is InChI=1S/C19H27BN2O3/c20-22-9-7-13(8-10-22)3-5-17-15-4-6-18(24-12-14-1-2-14)16(11-23)19(15)25-21-17/h4,6,13-14,23H,1-3,5,7-12,20H2. The van der Waals surface area contributed by atoms with Crippen molar-refractivity contribution < 1.29 is 14.4 Å². The van der Waals surface area contributed by atoms with Gasteiger partial charge in [-0.1, -0.05) is 5.16 Å². The van der Waals surface area contributed by atoms with E-state index >= 15 is 0 Å². The second-order valence-corrected chi connectivity index (χ2v) is 7.75. The van der Waals surface area contributed by atoms with E-state index in [4.69, 9.17) is 9.26 Å². The Balaban J connectivity index is 1.46. The number of hydrogen-bond acceptors (Lipinski definition) is 5. The lowest BCUT2D eigenvalue weighted by Gasteiger charge is -2.29. The van der Waals surface area contributed by atoms with Gasteiger partial charge in [-0.05, 0) is 75.6 Å². The third-order valence-electron chi connectivity index (χ3n) is 5.73. The van der Waals surface area contributed by atoms with Gasteiger partial charge < -0.3 is 19.2 Å². The number of aromatic nitrogens is 1. The van der Waals surface area contributed by atoms with E-state index in [0.29, 0.717) is 11.5 Å². The first kappa shape index (κ1) is 16.9. The molecule has 2 fully saturated rings. The molecule has 6 heteroatoms. The number of fused-ring (bicyclic) bond motifs is 1. The SMILES string of the molecule is BN1CCC(CCc2noc3c(CO)c(OCC4CC4)ccc23)CC1. The Hall–Kier alpha value is -1.53. The van der Waals surface area contributed by atoms with E-state index in [-0.39, 0.29) is 6.61 Å². The fourth-order valence-corrected chi connectivity index (χ4v) is 3.74. The fraction of sp³-hybridized carbons (Fsp3) is 0.632. The first-order valence-corrected chi connectivity index (χ1v) is 9.57. The lowest BCUT2D eigenvalue weighted by molar-refractivity contribution is 0.257. The average molecular weight is 342 g/mol. The first-order valence-electron chi connectivity index (χ1n) is 9.57. The van der Waals surface area contributed by atoms with Gasteiger partial charge in [0, 0.05) is 5.39 Å². The highest BCUT2D eigenvalue weighted by molar-refractivity contribution is 6.04. The quantitative estimate of drug-likeness (QED) is 0.783. The molecule has 1 saturated heterocycles. The van der Waals surface area contributed by atoms with Gasteiger partial charge in [0.2, 0.25) is 0 Å². The predicted octanol–water partition coefficient (Wildman–Crippen LogP) is 2.30. The van der Waals surface area contributed by atoms with Crippen LogP contribution in [0.1, 0.15) is 43.4 Å². The number of hydrogen-bond donors (Lipinski definition) is 1. The van der Waals surface area contributed by atoms with Gasteiger partial charge >= 0.3 is 0 Å². The zero-order valence-electron chi connectivity index (χ0n) is 15.0. The van der Waals surface area contributed by atoms with Gasteiger partial charge in [0.05, 0.1) is 24.5 Å². The van der Waals surface area contributed by atoms with Gasteiger partial charge in [-0.15, -0.1) is 0 Å². The first-order chi connectivity index (χ1) is 12.2. The maximum atomic E-state index is 9.79. The Morgan fingerprint density at radius 1 is 1.20 bits per heavy atom. The van der Waals surface area contributed by atoms with Crippen molar-refractivity contribution in [3.8, 4) is 5.75 Å². The van der Waals surface area contributed by atoms with Crippen LogP contribution in [-0.2, 0) is 13.0 Å². The van der Waals surface area contributed by atoms with Crippen LogP contribution in [0.25, 0.3) is 11.0 Å². The smallest absolute Gasteiger partial charge is 0.185 e. The summed E-state index contributed by atoms with van der Waals surface area (Å²) in [6.07, 6.45) is 7.14. The molecule has 5 nitrogen and oxygen atoms in total. The predicted molar refractivity (Wildman–Crippen MR) is 99.3 cm³/mol. The third kappa shape index (κ3) is 3.85. The molecule has 1 aliphatic heterocycles. The van der Waals surface area contributed by atoms with Gasteiger partial charge in [0.15, 0.2) is 13.6 Å². The second-order valence-electron chi connectivity index (χ2n) is 7.75. The lowest BCUT2D eigenvalue weighted by Crippen LogP contribution is -2.31. The summed E-state index contributed by atoms with van der Waals surface area (Å²) in [4.78, 5) is 2.40.